The second-order valence-corrected chi connectivity index (χ2v) is 7.36. The van der Waals surface area contributed by atoms with Crippen molar-refractivity contribution >= 4 is 23.7 Å². The van der Waals surface area contributed by atoms with Gasteiger partial charge in [-0.15, -0.1) is 0 Å². The van der Waals surface area contributed by atoms with E-state index in [4.69, 9.17) is 5.73 Å². The van der Waals surface area contributed by atoms with Crippen LogP contribution in [0, 0.1) is 5.92 Å². The Labute approximate surface area is 175 Å². The van der Waals surface area contributed by atoms with Crippen LogP contribution in [0.1, 0.15) is 26.3 Å². The van der Waals surface area contributed by atoms with Gasteiger partial charge in [-0.1, -0.05) is 44.2 Å². The summed E-state index contributed by atoms with van der Waals surface area (Å²) in [6.07, 6.45) is -0.998. The average Bonchev–Trinajstić information content (AvgIpc) is 2.69. The van der Waals surface area contributed by atoms with Crippen LogP contribution in [0.2, 0.25) is 0 Å². The molecule has 0 fully saturated rings. The lowest BCUT2D eigenvalue weighted by Gasteiger charge is -2.24. The first-order valence-corrected chi connectivity index (χ1v) is 9.60. The van der Waals surface area contributed by atoms with Crippen LogP contribution in [0.3, 0.4) is 0 Å². The number of carboxylic acids is 1. The van der Waals surface area contributed by atoms with E-state index in [1.54, 1.807) is 44.2 Å². The molecule has 0 aliphatic rings. The van der Waals surface area contributed by atoms with E-state index in [1.807, 2.05) is 0 Å². The van der Waals surface area contributed by atoms with Crippen molar-refractivity contribution < 1.29 is 29.4 Å². The largest absolute Gasteiger partial charge is 0.480 e. The summed E-state index contributed by atoms with van der Waals surface area (Å²) in [5.74, 6) is -3.51. The molecule has 0 aromatic heterocycles. The van der Waals surface area contributed by atoms with Crippen LogP contribution in [0.4, 0.5) is 0 Å². The van der Waals surface area contributed by atoms with Gasteiger partial charge in [0.05, 0.1) is 12.6 Å². The fraction of sp³-hybridized carbons (Fsp3) is 0.500. The van der Waals surface area contributed by atoms with Gasteiger partial charge < -0.3 is 31.9 Å². The Kier molecular flexibility index (Phi) is 9.93. The number of amides is 3. The number of carboxylic acid groups (broad SMARTS) is 1. The van der Waals surface area contributed by atoms with E-state index in [0.29, 0.717) is 0 Å². The summed E-state index contributed by atoms with van der Waals surface area (Å²) >= 11 is 0. The highest BCUT2D eigenvalue weighted by molar-refractivity contribution is 5.92. The highest BCUT2D eigenvalue weighted by Gasteiger charge is 2.28. The van der Waals surface area contributed by atoms with E-state index in [1.165, 1.54) is 6.92 Å². The highest BCUT2D eigenvalue weighted by atomic mass is 16.4. The van der Waals surface area contributed by atoms with E-state index >= 15 is 0 Å². The Morgan fingerprint density at radius 1 is 1.00 bits per heavy atom. The summed E-state index contributed by atoms with van der Waals surface area (Å²) in [6, 6.07) is 5.49. The van der Waals surface area contributed by atoms with Crippen molar-refractivity contribution in [3.8, 4) is 0 Å². The Hall–Kier alpha value is -2.98. The molecule has 0 spiro atoms. The lowest BCUT2D eigenvalue weighted by molar-refractivity contribution is -0.141. The first-order chi connectivity index (χ1) is 14.0. The Bertz CT molecular complexity index is 738. The fourth-order valence-corrected chi connectivity index (χ4v) is 2.58. The first-order valence-electron chi connectivity index (χ1n) is 9.60. The quantitative estimate of drug-likeness (QED) is 0.259. The molecule has 166 valence electrons. The average molecular weight is 422 g/mol. The molecule has 0 aliphatic heterocycles. The maximum Gasteiger partial charge on any atom is 0.326 e. The first kappa shape index (κ1) is 25.1. The Morgan fingerprint density at radius 2 is 1.60 bits per heavy atom. The van der Waals surface area contributed by atoms with E-state index in [2.05, 4.69) is 16.0 Å². The van der Waals surface area contributed by atoms with E-state index in [0.717, 1.165) is 5.56 Å². The van der Waals surface area contributed by atoms with Gasteiger partial charge in [0.15, 0.2) is 0 Å². The van der Waals surface area contributed by atoms with Gasteiger partial charge in [-0.25, -0.2) is 4.79 Å². The molecule has 0 saturated heterocycles. The maximum absolute atomic E-state index is 12.4. The lowest BCUT2D eigenvalue weighted by Crippen LogP contribution is -2.57. The zero-order chi connectivity index (χ0) is 22.8. The lowest BCUT2D eigenvalue weighted by atomic mass is 10.0. The molecule has 3 amide bonds. The number of rotatable bonds is 11. The fourth-order valence-electron chi connectivity index (χ4n) is 2.58. The molecular weight excluding hydrogens is 392 g/mol. The van der Waals surface area contributed by atoms with Crippen molar-refractivity contribution in [2.24, 2.45) is 11.7 Å². The van der Waals surface area contributed by atoms with Crippen molar-refractivity contribution in [3.63, 3.8) is 0 Å². The number of hydrogen-bond acceptors (Lipinski definition) is 6. The summed E-state index contributed by atoms with van der Waals surface area (Å²) in [5.41, 5.74) is 6.31. The number of carbonyl (C=O) groups excluding carboxylic acids is 3. The van der Waals surface area contributed by atoms with E-state index in [-0.39, 0.29) is 12.3 Å². The molecule has 10 nitrogen and oxygen atoms in total. The topological polar surface area (TPSA) is 171 Å². The predicted octanol–water partition coefficient (Wildman–Crippen LogP) is -1.24. The molecule has 0 radical (unpaired) electrons. The van der Waals surface area contributed by atoms with Gasteiger partial charge in [0.25, 0.3) is 0 Å². The summed E-state index contributed by atoms with van der Waals surface area (Å²) < 4.78 is 0. The number of aliphatic hydroxyl groups excluding tert-OH is 1. The van der Waals surface area contributed by atoms with Crippen LogP contribution in [0.5, 0.6) is 0 Å². The van der Waals surface area contributed by atoms with Crippen LogP contribution in [-0.4, -0.2) is 64.7 Å². The summed E-state index contributed by atoms with van der Waals surface area (Å²) in [7, 11) is 0. The van der Waals surface area contributed by atoms with Crippen molar-refractivity contribution in [3.05, 3.63) is 35.9 Å². The number of nitrogens with two attached hydrogens (primary N) is 1. The molecule has 0 aliphatic carbocycles. The SMILES string of the molecule is CC(C)C(NC(=O)C(N)C(C)O)C(=O)NCC(=O)NC(Cc1ccccc1)C(=O)O. The molecule has 0 saturated carbocycles. The molecule has 4 atom stereocenters. The zero-order valence-corrected chi connectivity index (χ0v) is 17.3. The third kappa shape index (κ3) is 8.18. The van der Waals surface area contributed by atoms with Crippen molar-refractivity contribution in [2.45, 2.75) is 51.4 Å². The number of benzene rings is 1. The van der Waals surface area contributed by atoms with Gasteiger partial charge in [-0.05, 0) is 18.4 Å². The van der Waals surface area contributed by atoms with Crippen LogP contribution in [-0.2, 0) is 25.6 Å². The molecular formula is C20H30N4O6. The van der Waals surface area contributed by atoms with Gasteiger partial charge in [0, 0.05) is 6.42 Å². The Balaban J connectivity index is 2.64. The summed E-state index contributed by atoms with van der Waals surface area (Å²) in [5, 5.41) is 25.9. The Morgan fingerprint density at radius 3 is 2.10 bits per heavy atom. The van der Waals surface area contributed by atoms with Gasteiger partial charge in [0.2, 0.25) is 17.7 Å². The minimum Gasteiger partial charge on any atom is -0.480 e. The van der Waals surface area contributed by atoms with E-state index < -0.39 is 54.5 Å². The molecule has 1 aromatic rings. The molecule has 1 aromatic carbocycles. The van der Waals surface area contributed by atoms with Gasteiger partial charge in [0.1, 0.15) is 18.1 Å². The third-order valence-corrected chi connectivity index (χ3v) is 4.41. The van der Waals surface area contributed by atoms with Gasteiger partial charge in [-0.3, -0.25) is 14.4 Å². The molecule has 30 heavy (non-hydrogen) atoms. The molecule has 0 heterocycles. The second kappa shape index (κ2) is 11.9. The summed E-state index contributed by atoms with van der Waals surface area (Å²) in [4.78, 5) is 48.0. The zero-order valence-electron chi connectivity index (χ0n) is 17.3. The predicted molar refractivity (Wildman–Crippen MR) is 109 cm³/mol. The summed E-state index contributed by atoms with van der Waals surface area (Å²) in [6.45, 7) is 4.28. The maximum atomic E-state index is 12.4. The van der Waals surface area contributed by atoms with Crippen LogP contribution < -0.4 is 21.7 Å². The third-order valence-electron chi connectivity index (χ3n) is 4.41. The highest BCUT2D eigenvalue weighted by Crippen LogP contribution is 2.05. The smallest absolute Gasteiger partial charge is 0.326 e. The monoisotopic (exact) mass is 422 g/mol. The molecule has 4 unspecified atom stereocenters. The van der Waals surface area contributed by atoms with E-state index in [9.17, 15) is 29.4 Å². The molecule has 7 N–H and O–H groups in total. The van der Waals surface area contributed by atoms with Crippen molar-refractivity contribution in [1.29, 1.82) is 0 Å². The van der Waals surface area contributed by atoms with Gasteiger partial charge in [-0.2, -0.15) is 0 Å². The van der Waals surface area contributed by atoms with Crippen molar-refractivity contribution in [1.82, 2.24) is 16.0 Å². The molecule has 10 heteroatoms. The van der Waals surface area contributed by atoms with Crippen molar-refractivity contribution in [2.75, 3.05) is 6.54 Å². The van der Waals surface area contributed by atoms with Gasteiger partial charge >= 0.3 is 5.97 Å². The number of carbonyl (C=O) groups is 4. The minimum absolute atomic E-state index is 0.0950. The number of aliphatic carboxylic acids is 1. The normalized spacial score (nSPS) is 14.9. The van der Waals surface area contributed by atoms with Crippen LogP contribution >= 0.6 is 0 Å². The molecule has 0 bridgehead atoms. The molecule has 1 rings (SSSR count). The standard InChI is InChI=1S/C20H30N4O6/c1-11(2)17(24-18(27)16(21)12(3)25)19(28)22-10-15(26)23-14(20(29)30)9-13-7-5-4-6-8-13/h4-8,11-12,14,16-17,25H,9-10,21H2,1-3H3,(H,22,28)(H,23,26)(H,24,27)(H,29,30). The minimum atomic E-state index is -1.20. The van der Waals surface area contributed by atoms with Crippen LogP contribution in [0.25, 0.3) is 0 Å². The number of hydrogen-bond donors (Lipinski definition) is 6. The second-order valence-electron chi connectivity index (χ2n) is 7.36. The van der Waals surface area contributed by atoms with Crippen LogP contribution in [0.15, 0.2) is 30.3 Å². The number of aliphatic hydroxyl groups is 1. The number of nitrogens with one attached hydrogen (secondary N) is 3.